The van der Waals surface area contributed by atoms with Gasteiger partial charge in [0.15, 0.2) is 0 Å². The minimum absolute atomic E-state index is 0.175. The highest BCUT2D eigenvalue weighted by molar-refractivity contribution is 5.29. The van der Waals surface area contributed by atoms with E-state index in [1.165, 1.54) is 23.3 Å². The van der Waals surface area contributed by atoms with Gasteiger partial charge in [-0.3, -0.25) is 4.90 Å². The molecule has 2 heterocycles. The van der Waals surface area contributed by atoms with Crippen LogP contribution in [0.4, 0.5) is 4.39 Å². The predicted molar refractivity (Wildman–Crippen MR) is 104 cm³/mol. The van der Waals surface area contributed by atoms with Crippen LogP contribution in [0, 0.1) is 5.82 Å². The molecule has 0 spiro atoms. The minimum atomic E-state index is -0.729. The van der Waals surface area contributed by atoms with Crippen LogP contribution in [0.2, 0.25) is 0 Å². The van der Waals surface area contributed by atoms with Gasteiger partial charge in [0.25, 0.3) is 0 Å². The zero-order valence-electron chi connectivity index (χ0n) is 15.8. The fourth-order valence-electron chi connectivity index (χ4n) is 4.33. The molecule has 6 heteroatoms. The van der Waals surface area contributed by atoms with Crippen molar-refractivity contribution in [3.8, 4) is 0 Å². The smallest absolute Gasteiger partial charge is 0.123 e. The molecule has 0 bridgehead atoms. The Morgan fingerprint density at radius 3 is 2.57 bits per heavy atom. The van der Waals surface area contributed by atoms with E-state index < -0.39 is 12.2 Å². The van der Waals surface area contributed by atoms with E-state index in [-0.39, 0.29) is 24.6 Å². The van der Waals surface area contributed by atoms with Crippen LogP contribution >= 0.6 is 0 Å². The average Bonchev–Trinajstić information content (AvgIpc) is 3.04. The molecule has 2 aromatic rings. The molecule has 4 unspecified atom stereocenters. The second kappa shape index (κ2) is 8.68. The third-order valence-electron chi connectivity index (χ3n) is 5.81. The number of ether oxygens (including phenoxy) is 1. The largest absolute Gasteiger partial charge is 0.394 e. The molecule has 0 aliphatic carbocycles. The van der Waals surface area contributed by atoms with Crippen molar-refractivity contribution in [1.82, 2.24) is 10.2 Å². The van der Waals surface area contributed by atoms with Crippen LogP contribution < -0.4 is 5.32 Å². The van der Waals surface area contributed by atoms with Gasteiger partial charge in [-0.1, -0.05) is 36.4 Å². The number of rotatable bonds is 6. The van der Waals surface area contributed by atoms with E-state index in [2.05, 4.69) is 28.4 Å². The van der Waals surface area contributed by atoms with Crippen LogP contribution in [-0.2, 0) is 24.2 Å². The Balaban J connectivity index is 1.42. The Labute approximate surface area is 164 Å². The summed E-state index contributed by atoms with van der Waals surface area (Å²) >= 11 is 0. The highest BCUT2D eigenvalue weighted by Gasteiger charge is 2.46. The Morgan fingerprint density at radius 2 is 1.82 bits per heavy atom. The summed E-state index contributed by atoms with van der Waals surface area (Å²) in [6.07, 6.45) is -0.579. The number of nitrogens with zero attached hydrogens (tertiary/aromatic N) is 1. The lowest BCUT2D eigenvalue weighted by atomic mass is 9.95. The maximum atomic E-state index is 13.0. The molecule has 0 saturated carbocycles. The van der Waals surface area contributed by atoms with Crippen LogP contribution in [0.15, 0.2) is 48.5 Å². The van der Waals surface area contributed by atoms with Crippen LogP contribution in [0.1, 0.15) is 16.7 Å². The van der Waals surface area contributed by atoms with Crippen molar-refractivity contribution >= 4 is 0 Å². The zero-order chi connectivity index (χ0) is 19.5. The molecule has 1 saturated heterocycles. The Bertz CT molecular complexity index is 786. The summed E-state index contributed by atoms with van der Waals surface area (Å²) in [4.78, 5) is 2.27. The first-order chi connectivity index (χ1) is 13.7. The summed E-state index contributed by atoms with van der Waals surface area (Å²) in [7, 11) is 0. The molecule has 5 nitrogen and oxygen atoms in total. The molecule has 3 N–H and O–H groups in total. The number of halogens is 1. The van der Waals surface area contributed by atoms with Crippen molar-refractivity contribution in [3.05, 3.63) is 71.0 Å². The van der Waals surface area contributed by atoms with Crippen LogP contribution in [0.25, 0.3) is 0 Å². The van der Waals surface area contributed by atoms with Crippen molar-refractivity contribution in [1.29, 1.82) is 0 Å². The quantitative estimate of drug-likeness (QED) is 0.702. The third kappa shape index (κ3) is 4.11. The van der Waals surface area contributed by atoms with Gasteiger partial charge in [0, 0.05) is 26.2 Å². The monoisotopic (exact) mass is 386 g/mol. The SMILES string of the molecule is OCC1OC(CNCc2ccc(F)cc2)C(N2CCc3ccccc3C2)C1O. The topological polar surface area (TPSA) is 65.0 Å². The first kappa shape index (κ1) is 19.5. The third-order valence-corrected chi connectivity index (χ3v) is 5.81. The first-order valence-corrected chi connectivity index (χ1v) is 9.86. The Kier molecular flexibility index (Phi) is 6.04. The molecule has 4 rings (SSSR count). The summed E-state index contributed by atoms with van der Waals surface area (Å²) in [6, 6.07) is 14.6. The van der Waals surface area contributed by atoms with Crippen LogP contribution in [0.3, 0.4) is 0 Å². The molecule has 2 aliphatic rings. The van der Waals surface area contributed by atoms with E-state index in [4.69, 9.17) is 4.74 Å². The normalized spacial score (nSPS) is 27.7. The molecule has 28 heavy (non-hydrogen) atoms. The maximum Gasteiger partial charge on any atom is 0.123 e. The molecule has 0 aromatic heterocycles. The molecule has 2 aromatic carbocycles. The van der Waals surface area contributed by atoms with Gasteiger partial charge in [-0.15, -0.1) is 0 Å². The molecule has 0 amide bonds. The highest BCUT2D eigenvalue weighted by atomic mass is 19.1. The fraction of sp³-hybridized carbons (Fsp3) is 0.455. The van der Waals surface area contributed by atoms with E-state index in [9.17, 15) is 14.6 Å². The Hall–Kier alpha value is -1.83. The number of aliphatic hydroxyl groups excluding tert-OH is 2. The van der Waals surface area contributed by atoms with Crippen molar-refractivity contribution in [2.75, 3.05) is 19.7 Å². The van der Waals surface area contributed by atoms with E-state index in [1.807, 2.05) is 6.07 Å². The van der Waals surface area contributed by atoms with Gasteiger partial charge in [-0.25, -0.2) is 4.39 Å². The lowest BCUT2D eigenvalue weighted by Gasteiger charge is -2.37. The summed E-state index contributed by atoms with van der Waals surface area (Å²) in [5, 5.41) is 23.7. The van der Waals surface area contributed by atoms with Gasteiger partial charge >= 0.3 is 0 Å². The lowest BCUT2D eigenvalue weighted by Crippen LogP contribution is -2.52. The van der Waals surface area contributed by atoms with E-state index in [1.54, 1.807) is 12.1 Å². The molecule has 0 radical (unpaired) electrons. The lowest BCUT2D eigenvalue weighted by molar-refractivity contribution is -0.0213. The number of aliphatic hydroxyl groups is 2. The molecular formula is C22H27FN2O3. The van der Waals surface area contributed by atoms with E-state index in [0.717, 1.165) is 25.1 Å². The summed E-state index contributed by atoms with van der Waals surface area (Å²) in [5.74, 6) is -0.248. The molecular weight excluding hydrogens is 359 g/mol. The molecule has 150 valence electrons. The first-order valence-electron chi connectivity index (χ1n) is 9.86. The second-order valence-electron chi connectivity index (χ2n) is 7.62. The standard InChI is InChI=1S/C22H27FN2O3/c23-18-7-5-15(6-8-18)11-24-12-19-21(22(27)20(14-26)28-19)25-10-9-16-3-1-2-4-17(16)13-25/h1-8,19-22,24,26-27H,9-14H2. The van der Waals surface area contributed by atoms with Crippen LogP contribution in [0.5, 0.6) is 0 Å². The van der Waals surface area contributed by atoms with Gasteiger partial charge in [0.05, 0.1) is 18.8 Å². The highest BCUT2D eigenvalue weighted by Crippen LogP contribution is 2.30. The van der Waals surface area contributed by atoms with Crippen molar-refractivity contribution < 1.29 is 19.3 Å². The Morgan fingerprint density at radius 1 is 1.07 bits per heavy atom. The van der Waals surface area contributed by atoms with Crippen molar-refractivity contribution in [2.45, 2.75) is 43.9 Å². The maximum absolute atomic E-state index is 13.0. The number of fused-ring (bicyclic) bond motifs is 1. The molecule has 1 fully saturated rings. The molecule has 2 aliphatic heterocycles. The van der Waals surface area contributed by atoms with Gasteiger partial charge in [-0.05, 0) is 35.2 Å². The summed E-state index contributed by atoms with van der Waals surface area (Å²) < 4.78 is 19.0. The van der Waals surface area contributed by atoms with E-state index >= 15 is 0 Å². The van der Waals surface area contributed by atoms with Crippen molar-refractivity contribution in [3.63, 3.8) is 0 Å². The number of hydrogen-bond donors (Lipinski definition) is 3. The predicted octanol–water partition coefficient (Wildman–Crippen LogP) is 1.46. The number of hydrogen-bond acceptors (Lipinski definition) is 5. The van der Waals surface area contributed by atoms with Gasteiger partial charge in [0.2, 0.25) is 0 Å². The summed E-state index contributed by atoms with van der Waals surface area (Å²) in [5.41, 5.74) is 3.63. The second-order valence-corrected chi connectivity index (χ2v) is 7.62. The molecule has 4 atom stereocenters. The van der Waals surface area contributed by atoms with Gasteiger partial charge in [0.1, 0.15) is 18.0 Å². The van der Waals surface area contributed by atoms with Gasteiger partial charge in [-0.2, -0.15) is 0 Å². The van der Waals surface area contributed by atoms with Crippen molar-refractivity contribution in [2.24, 2.45) is 0 Å². The number of benzene rings is 2. The average molecular weight is 386 g/mol. The minimum Gasteiger partial charge on any atom is -0.394 e. The van der Waals surface area contributed by atoms with E-state index in [0.29, 0.717) is 13.1 Å². The zero-order valence-corrected chi connectivity index (χ0v) is 15.8. The van der Waals surface area contributed by atoms with Gasteiger partial charge < -0.3 is 20.3 Å². The fourth-order valence-corrected chi connectivity index (χ4v) is 4.33. The van der Waals surface area contributed by atoms with Crippen LogP contribution in [-0.4, -0.2) is 59.2 Å². The summed E-state index contributed by atoms with van der Waals surface area (Å²) in [6.45, 7) is 2.57. The number of nitrogens with one attached hydrogen (secondary N) is 1.